The summed E-state index contributed by atoms with van der Waals surface area (Å²) in [5, 5.41) is 0. The van der Waals surface area contributed by atoms with Crippen molar-refractivity contribution in [2.75, 3.05) is 26.3 Å². The molecule has 0 bridgehead atoms. The van der Waals surface area contributed by atoms with Crippen molar-refractivity contribution in [1.29, 1.82) is 0 Å². The average Bonchev–Trinajstić information content (AvgIpc) is 2.66. The Labute approximate surface area is 151 Å². The van der Waals surface area contributed by atoms with E-state index in [1.807, 2.05) is 0 Å². The largest absolute Gasteiger partial charge is 0.381 e. The van der Waals surface area contributed by atoms with Gasteiger partial charge in [0.25, 0.3) is 0 Å². The number of guanidine groups is 1. The molecular formula is C20H31N3O2. The molecule has 1 aromatic rings. The fourth-order valence-electron chi connectivity index (χ4n) is 3.38. The van der Waals surface area contributed by atoms with Gasteiger partial charge in [0.15, 0.2) is 5.96 Å². The zero-order valence-corrected chi connectivity index (χ0v) is 15.3. The lowest BCUT2D eigenvalue weighted by Gasteiger charge is -2.31. The Morgan fingerprint density at radius 1 is 1.20 bits per heavy atom. The number of nitrogens with two attached hydrogens (primary N) is 1. The highest BCUT2D eigenvalue weighted by Gasteiger charge is 2.17. The van der Waals surface area contributed by atoms with Gasteiger partial charge in [-0.2, -0.15) is 0 Å². The molecule has 0 radical (unpaired) electrons. The quantitative estimate of drug-likeness (QED) is 0.658. The zero-order chi connectivity index (χ0) is 17.5. The van der Waals surface area contributed by atoms with Crippen molar-refractivity contribution in [2.45, 2.75) is 51.9 Å². The highest BCUT2D eigenvalue weighted by atomic mass is 16.5. The van der Waals surface area contributed by atoms with Crippen molar-refractivity contribution >= 4 is 5.96 Å². The molecule has 2 saturated heterocycles. The molecule has 2 fully saturated rings. The molecule has 2 aliphatic rings. The second kappa shape index (κ2) is 9.20. The first kappa shape index (κ1) is 18.2. The predicted molar refractivity (Wildman–Crippen MR) is 100 cm³/mol. The molecule has 0 spiro atoms. The van der Waals surface area contributed by atoms with Crippen LogP contribution in [-0.2, 0) is 22.6 Å². The van der Waals surface area contributed by atoms with Crippen molar-refractivity contribution in [1.82, 2.24) is 4.90 Å². The van der Waals surface area contributed by atoms with Crippen molar-refractivity contribution in [2.24, 2.45) is 16.6 Å². The maximum absolute atomic E-state index is 6.18. The second-order valence-electron chi connectivity index (χ2n) is 7.29. The average molecular weight is 345 g/mol. The molecule has 138 valence electrons. The third-order valence-electron chi connectivity index (χ3n) is 5.18. The van der Waals surface area contributed by atoms with E-state index in [0.717, 1.165) is 45.1 Å². The van der Waals surface area contributed by atoms with Gasteiger partial charge in [-0.1, -0.05) is 31.2 Å². The Kier molecular flexibility index (Phi) is 6.70. The molecule has 2 N–H and O–H groups in total. The van der Waals surface area contributed by atoms with E-state index < -0.39 is 0 Å². The highest BCUT2D eigenvalue weighted by Crippen LogP contribution is 2.17. The minimum atomic E-state index is 0.326. The normalized spacial score (nSPS) is 20.8. The van der Waals surface area contributed by atoms with E-state index in [9.17, 15) is 0 Å². The molecule has 3 rings (SSSR count). The van der Waals surface area contributed by atoms with E-state index in [2.05, 4.69) is 41.1 Å². The highest BCUT2D eigenvalue weighted by molar-refractivity contribution is 5.78. The topological polar surface area (TPSA) is 60.1 Å². The van der Waals surface area contributed by atoms with Gasteiger partial charge in [-0.25, -0.2) is 4.99 Å². The number of aliphatic imine (C=N–C) groups is 1. The number of rotatable bonds is 5. The molecule has 0 aliphatic carbocycles. The minimum Gasteiger partial charge on any atom is -0.381 e. The zero-order valence-electron chi connectivity index (χ0n) is 15.3. The van der Waals surface area contributed by atoms with Gasteiger partial charge >= 0.3 is 0 Å². The van der Waals surface area contributed by atoms with Crippen LogP contribution >= 0.6 is 0 Å². The van der Waals surface area contributed by atoms with Gasteiger partial charge in [0.2, 0.25) is 0 Å². The summed E-state index contributed by atoms with van der Waals surface area (Å²) in [7, 11) is 0. The van der Waals surface area contributed by atoms with Crippen molar-refractivity contribution in [3.05, 3.63) is 35.4 Å². The smallest absolute Gasteiger partial charge is 0.191 e. The van der Waals surface area contributed by atoms with Gasteiger partial charge in [0.1, 0.15) is 0 Å². The SMILES string of the molecule is CC1CCN(C(N)=NCc2cccc(COC3CCOCC3)c2)CC1. The number of benzene rings is 1. The minimum absolute atomic E-state index is 0.326. The van der Waals surface area contributed by atoms with E-state index in [-0.39, 0.29) is 0 Å². The van der Waals surface area contributed by atoms with Gasteiger partial charge < -0.3 is 20.1 Å². The maximum Gasteiger partial charge on any atom is 0.191 e. The predicted octanol–water partition coefficient (Wildman–Crippen LogP) is 2.93. The molecule has 2 aliphatic heterocycles. The Bertz CT molecular complexity index is 562. The first-order valence-electron chi connectivity index (χ1n) is 9.53. The van der Waals surface area contributed by atoms with E-state index >= 15 is 0 Å². The number of likely N-dealkylation sites (tertiary alicyclic amines) is 1. The maximum atomic E-state index is 6.18. The van der Waals surface area contributed by atoms with Crippen molar-refractivity contribution < 1.29 is 9.47 Å². The summed E-state index contributed by atoms with van der Waals surface area (Å²) in [6.07, 6.45) is 4.72. The van der Waals surface area contributed by atoms with E-state index in [4.69, 9.17) is 15.2 Å². The van der Waals surface area contributed by atoms with Crippen LogP contribution in [0.1, 0.15) is 43.7 Å². The Balaban J connectivity index is 1.49. The molecule has 2 heterocycles. The fourth-order valence-corrected chi connectivity index (χ4v) is 3.38. The molecule has 25 heavy (non-hydrogen) atoms. The van der Waals surface area contributed by atoms with E-state index in [0.29, 0.717) is 25.2 Å². The lowest BCUT2D eigenvalue weighted by atomic mass is 10.00. The summed E-state index contributed by atoms with van der Waals surface area (Å²) in [6, 6.07) is 8.47. The van der Waals surface area contributed by atoms with Crippen LogP contribution in [0.2, 0.25) is 0 Å². The summed E-state index contributed by atoms with van der Waals surface area (Å²) in [5.41, 5.74) is 8.56. The first-order valence-corrected chi connectivity index (χ1v) is 9.53. The number of piperidine rings is 1. The van der Waals surface area contributed by atoms with Crippen LogP contribution in [0.4, 0.5) is 0 Å². The number of hydrogen-bond acceptors (Lipinski definition) is 3. The van der Waals surface area contributed by atoms with Crippen LogP contribution in [0.25, 0.3) is 0 Å². The lowest BCUT2D eigenvalue weighted by molar-refractivity contribution is -0.0390. The molecule has 0 amide bonds. The monoisotopic (exact) mass is 345 g/mol. The molecule has 1 aromatic carbocycles. The Hall–Kier alpha value is -1.59. The molecule has 0 unspecified atom stereocenters. The van der Waals surface area contributed by atoms with Crippen LogP contribution in [0.5, 0.6) is 0 Å². The van der Waals surface area contributed by atoms with Gasteiger partial charge in [-0.3, -0.25) is 0 Å². The summed E-state index contributed by atoms with van der Waals surface area (Å²) in [6.45, 7) is 7.26. The Morgan fingerprint density at radius 3 is 2.68 bits per heavy atom. The number of ether oxygens (including phenoxy) is 2. The third kappa shape index (κ3) is 5.72. The van der Waals surface area contributed by atoms with Gasteiger partial charge in [-0.05, 0) is 42.7 Å². The first-order chi connectivity index (χ1) is 12.2. The summed E-state index contributed by atoms with van der Waals surface area (Å²) in [5.74, 6) is 1.48. The fraction of sp³-hybridized carbons (Fsp3) is 0.650. The molecule has 5 heteroatoms. The van der Waals surface area contributed by atoms with E-state index in [1.165, 1.54) is 24.0 Å². The van der Waals surface area contributed by atoms with Gasteiger partial charge in [-0.15, -0.1) is 0 Å². The van der Waals surface area contributed by atoms with E-state index in [1.54, 1.807) is 0 Å². The summed E-state index contributed by atoms with van der Waals surface area (Å²) in [4.78, 5) is 6.80. The summed E-state index contributed by atoms with van der Waals surface area (Å²) < 4.78 is 11.4. The van der Waals surface area contributed by atoms with Crippen LogP contribution < -0.4 is 5.73 Å². The standard InChI is InChI=1S/C20H31N3O2/c1-16-5-9-23(10-6-16)20(21)22-14-17-3-2-4-18(13-17)15-25-19-7-11-24-12-8-19/h2-4,13,16,19H,5-12,14-15H2,1H3,(H2,21,22). The van der Waals surface area contributed by atoms with Crippen molar-refractivity contribution in [3.8, 4) is 0 Å². The molecule has 0 saturated carbocycles. The lowest BCUT2D eigenvalue weighted by Crippen LogP contribution is -2.42. The van der Waals surface area contributed by atoms with Crippen LogP contribution in [0, 0.1) is 5.92 Å². The van der Waals surface area contributed by atoms with Crippen molar-refractivity contribution in [3.63, 3.8) is 0 Å². The number of hydrogen-bond donors (Lipinski definition) is 1. The second-order valence-corrected chi connectivity index (χ2v) is 7.29. The molecular weight excluding hydrogens is 314 g/mol. The Morgan fingerprint density at radius 2 is 1.92 bits per heavy atom. The summed E-state index contributed by atoms with van der Waals surface area (Å²) >= 11 is 0. The molecule has 0 aromatic heterocycles. The van der Waals surface area contributed by atoms with Gasteiger partial charge in [0, 0.05) is 26.3 Å². The van der Waals surface area contributed by atoms with Crippen LogP contribution in [0.15, 0.2) is 29.3 Å². The third-order valence-corrected chi connectivity index (χ3v) is 5.18. The van der Waals surface area contributed by atoms with Gasteiger partial charge in [0.05, 0.1) is 19.3 Å². The molecule has 5 nitrogen and oxygen atoms in total. The van der Waals surface area contributed by atoms with Crippen LogP contribution in [0.3, 0.4) is 0 Å². The number of nitrogens with zero attached hydrogens (tertiary/aromatic N) is 2. The molecule has 0 atom stereocenters. The van der Waals surface area contributed by atoms with Crippen LogP contribution in [-0.4, -0.2) is 43.3 Å².